The van der Waals surface area contributed by atoms with Gasteiger partial charge in [-0.2, -0.15) is 0 Å². The molecule has 0 spiro atoms. The third kappa shape index (κ3) is 3.02. The summed E-state index contributed by atoms with van der Waals surface area (Å²) in [6, 6.07) is 4.67. The molecule has 0 amide bonds. The minimum absolute atomic E-state index is 0.238. The molecule has 1 N–H and O–H groups in total. The predicted molar refractivity (Wildman–Crippen MR) is 63.1 cm³/mol. The van der Waals surface area contributed by atoms with E-state index in [1.54, 1.807) is 12.1 Å². The van der Waals surface area contributed by atoms with Gasteiger partial charge < -0.3 is 5.11 Å². The van der Waals surface area contributed by atoms with E-state index in [2.05, 4.69) is 29.8 Å². The third-order valence-corrected chi connectivity index (χ3v) is 3.39. The molecule has 1 nitrogen and oxygen atoms in total. The number of aliphatic hydroxyl groups excluding tert-OH is 1. The van der Waals surface area contributed by atoms with Crippen LogP contribution >= 0.6 is 15.9 Å². The molecule has 0 saturated heterocycles. The van der Waals surface area contributed by atoms with Crippen molar-refractivity contribution in [2.75, 3.05) is 0 Å². The summed E-state index contributed by atoms with van der Waals surface area (Å²) in [4.78, 5) is 0. The molecule has 0 aliphatic heterocycles. The maximum Gasteiger partial charge on any atom is 0.137 e. The second-order valence-corrected chi connectivity index (χ2v) is 4.55. The highest BCUT2D eigenvalue weighted by Crippen LogP contribution is 2.29. The standard InChI is InChI=1S/C12H16BrFO/c1-3-8(4-2)12(15)9-5-6-11(14)10(13)7-9/h5-8,12,15H,3-4H2,1-2H3. The summed E-state index contributed by atoms with van der Waals surface area (Å²) >= 11 is 3.12. The van der Waals surface area contributed by atoms with Gasteiger partial charge in [0.1, 0.15) is 5.82 Å². The molecule has 1 atom stereocenters. The van der Waals surface area contributed by atoms with Crippen molar-refractivity contribution in [2.45, 2.75) is 32.8 Å². The Hall–Kier alpha value is -0.410. The number of hydrogen-bond donors (Lipinski definition) is 1. The van der Waals surface area contributed by atoms with Gasteiger partial charge in [0.15, 0.2) is 0 Å². The molecule has 1 unspecified atom stereocenters. The Labute approximate surface area is 98.4 Å². The van der Waals surface area contributed by atoms with Gasteiger partial charge in [-0.15, -0.1) is 0 Å². The number of halogens is 2. The second-order valence-electron chi connectivity index (χ2n) is 3.69. The normalized spacial score (nSPS) is 13.2. The molecule has 1 aromatic rings. The van der Waals surface area contributed by atoms with Crippen LogP contribution in [-0.4, -0.2) is 5.11 Å². The van der Waals surface area contributed by atoms with Crippen LogP contribution in [0.2, 0.25) is 0 Å². The molecule has 3 heteroatoms. The van der Waals surface area contributed by atoms with E-state index in [0.717, 1.165) is 18.4 Å². The summed E-state index contributed by atoms with van der Waals surface area (Å²) < 4.78 is 13.4. The van der Waals surface area contributed by atoms with Crippen molar-refractivity contribution in [1.82, 2.24) is 0 Å². The highest BCUT2D eigenvalue weighted by atomic mass is 79.9. The van der Waals surface area contributed by atoms with Crippen molar-refractivity contribution in [3.05, 3.63) is 34.1 Å². The number of aliphatic hydroxyl groups is 1. The molecule has 0 aliphatic carbocycles. The van der Waals surface area contributed by atoms with E-state index in [0.29, 0.717) is 4.47 Å². The van der Waals surface area contributed by atoms with E-state index < -0.39 is 6.10 Å². The Morgan fingerprint density at radius 1 is 1.33 bits per heavy atom. The van der Waals surface area contributed by atoms with Gasteiger partial charge >= 0.3 is 0 Å². The summed E-state index contributed by atoms with van der Waals surface area (Å²) in [6.45, 7) is 4.10. The zero-order valence-corrected chi connectivity index (χ0v) is 10.6. The van der Waals surface area contributed by atoms with Crippen LogP contribution < -0.4 is 0 Å². The Morgan fingerprint density at radius 3 is 2.40 bits per heavy atom. The smallest absolute Gasteiger partial charge is 0.137 e. The minimum Gasteiger partial charge on any atom is -0.388 e. The molecule has 0 aliphatic rings. The van der Waals surface area contributed by atoms with Crippen LogP contribution in [0.15, 0.2) is 22.7 Å². The number of rotatable bonds is 4. The quantitative estimate of drug-likeness (QED) is 0.878. The van der Waals surface area contributed by atoms with Crippen LogP contribution in [-0.2, 0) is 0 Å². The van der Waals surface area contributed by atoms with E-state index >= 15 is 0 Å². The summed E-state index contributed by atoms with van der Waals surface area (Å²) in [7, 11) is 0. The fourth-order valence-corrected chi connectivity index (χ4v) is 2.10. The molecule has 0 fully saturated rings. The van der Waals surface area contributed by atoms with Gasteiger partial charge in [0.05, 0.1) is 10.6 Å². The molecule has 84 valence electrons. The van der Waals surface area contributed by atoms with Crippen LogP contribution in [0.3, 0.4) is 0 Å². The number of hydrogen-bond acceptors (Lipinski definition) is 1. The first-order valence-electron chi connectivity index (χ1n) is 5.23. The summed E-state index contributed by atoms with van der Waals surface area (Å²) in [5.41, 5.74) is 0.775. The summed E-state index contributed by atoms with van der Waals surface area (Å²) in [5, 5.41) is 10.1. The average Bonchev–Trinajstić information content (AvgIpc) is 2.23. The first-order chi connectivity index (χ1) is 7.10. The predicted octanol–water partition coefficient (Wildman–Crippen LogP) is 4.06. The zero-order valence-electron chi connectivity index (χ0n) is 9.00. The van der Waals surface area contributed by atoms with Crippen LogP contribution in [0.1, 0.15) is 38.4 Å². The van der Waals surface area contributed by atoms with Gasteiger partial charge in [-0.25, -0.2) is 4.39 Å². The lowest BCUT2D eigenvalue weighted by Gasteiger charge is -2.20. The summed E-state index contributed by atoms with van der Waals surface area (Å²) in [6.07, 6.45) is 1.34. The van der Waals surface area contributed by atoms with Gasteiger partial charge in [0.2, 0.25) is 0 Å². The zero-order chi connectivity index (χ0) is 11.4. The van der Waals surface area contributed by atoms with E-state index in [9.17, 15) is 9.50 Å². The molecule has 15 heavy (non-hydrogen) atoms. The lowest BCUT2D eigenvalue weighted by atomic mass is 9.91. The molecule has 0 bridgehead atoms. The molecular weight excluding hydrogens is 259 g/mol. The Bertz CT molecular complexity index is 323. The van der Waals surface area contributed by atoms with E-state index in [4.69, 9.17) is 0 Å². The maximum absolute atomic E-state index is 13.0. The molecule has 0 saturated carbocycles. The number of benzene rings is 1. The van der Waals surface area contributed by atoms with Crippen molar-refractivity contribution in [3.8, 4) is 0 Å². The topological polar surface area (TPSA) is 20.2 Å². The van der Waals surface area contributed by atoms with Crippen LogP contribution in [0.4, 0.5) is 4.39 Å². The summed E-state index contributed by atoms with van der Waals surface area (Å²) in [5.74, 6) is -0.0575. The molecule has 0 heterocycles. The Morgan fingerprint density at radius 2 is 1.93 bits per heavy atom. The maximum atomic E-state index is 13.0. The van der Waals surface area contributed by atoms with Crippen molar-refractivity contribution >= 4 is 15.9 Å². The Kier molecular flexibility index (Phi) is 4.74. The van der Waals surface area contributed by atoms with Crippen molar-refractivity contribution in [3.63, 3.8) is 0 Å². The fourth-order valence-electron chi connectivity index (χ4n) is 1.70. The Balaban J connectivity index is 2.90. The van der Waals surface area contributed by atoms with E-state index in [-0.39, 0.29) is 11.7 Å². The second kappa shape index (κ2) is 5.61. The lowest BCUT2D eigenvalue weighted by Crippen LogP contribution is -2.10. The van der Waals surface area contributed by atoms with Crippen molar-refractivity contribution in [1.29, 1.82) is 0 Å². The molecule has 0 radical (unpaired) electrons. The van der Waals surface area contributed by atoms with Gasteiger partial charge in [-0.05, 0) is 39.5 Å². The molecular formula is C12H16BrFO. The lowest BCUT2D eigenvalue weighted by molar-refractivity contribution is 0.103. The van der Waals surface area contributed by atoms with Crippen molar-refractivity contribution in [2.24, 2.45) is 5.92 Å². The highest BCUT2D eigenvalue weighted by molar-refractivity contribution is 9.10. The van der Waals surface area contributed by atoms with Gasteiger partial charge in [0.25, 0.3) is 0 Å². The van der Waals surface area contributed by atoms with Crippen LogP contribution in [0, 0.1) is 11.7 Å². The van der Waals surface area contributed by atoms with Gasteiger partial charge in [-0.3, -0.25) is 0 Å². The van der Waals surface area contributed by atoms with E-state index in [1.165, 1.54) is 6.07 Å². The largest absolute Gasteiger partial charge is 0.388 e. The molecule has 0 aromatic heterocycles. The van der Waals surface area contributed by atoms with Gasteiger partial charge in [0, 0.05) is 0 Å². The van der Waals surface area contributed by atoms with Gasteiger partial charge in [-0.1, -0.05) is 32.8 Å². The minimum atomic E-state index is -0.503. The SMILES string of the molecule is CCC(CC)C(O)c1ccc(F)c(Br)c1. The first kappa shape index (κ1) is 12.7. The van der Waals surface area contributed by atoms with E-state index in [1.807, 2.05) is 0 Å². The monoisotopic (exact) mass is 274 g/mol. The van der Waals surface area contributed by atoms with Crippen LogP contribution in [0.25, 0.3) is 0 Å². The third-order valence-electron chi connectivity index (χ3n) is 2.78. The average molecular weight is 275 g/mol. The van der Waals surface area contributed by atoms with Crippen LogP contribution in [0.5, 0.6) is 0 Å². The molecule has 1 aromatic carbocycles. The van der Waals surface area contributed by atoms with Crippen molar-refractivity contribution < 1.29 is 9.50 Å². The highest BCUT2D eigenvalue weighted by Gasteiger charge is 2.18. The first-order valence-corrected chi connectivity index (χ1v) is 6.02. The fraction of sp³-hybridized carbons (Fsp3) is 0.500. The molecule has 1 rings (SSSR count).